The molecule has 1 aliphatic heterocycles. The summed E-state index contributed by atoms with van der Waals surface area (Å²) in [4.78, 5) is 20.3. The maximum Gasteiger partial charge on any atom is 0.254 e. The molecule has 4 rings (SSSR count). The molecule has 1 amide bonds. The molecule has 2 aromatic carbocycles. The van der Waals surface area contributed by atoms with Crippen molar-refractivity contribution in [3.63, 3.8) is 0 Å². The van der Waals surface area contributed by atoms with Crippen molar-refractivity contribution in [2.45, 2.75) is 27.2 Å². The molecule has 1 saturated heterocycles. The number of aromatic nitrogens is 1. The Morgan fingerprint density at radius 2 is 1.76 bits per heavy atom. The lowest BCUT2D eigenvalue weighted by Gasteiger charge is -2.35. The van der Waals surface area contributed by atoms with Crippen molar-refractivity contribution in [2.75, 3.05) is 19.7 Å². The Morgan fingerprint density at radius 1 is 1.07 bits per heavy atom. The number of pyridine rings is 1. The highest BCUT2D eigenvalue weighted by Crippen LogP contribution is 2.29. The molecular formula is C25H28N2O2. The molecule has 0 saturated carbocycles. The van der Waals surface area contributed by atoms with Crippen molar-refractivity contribution in [1.29, 1.82) is 0 Å². The van der Waals surface area contributed by atoms with Gasteiger partial charge in [0, 0.05) is 24.0 Å². The van der Waals surface area contributed by atoms with Gasteiger partial charge in [-0.25, -0.2) is 4.98 Å². The fourth-order valence-corrected chi connectivity index (χ4v) is 4.39. The van der Waals surface area contributed by atoms with Crippen LogP contribution in [0.2, 0.25) is 0 Å². The van der Waals surface area contributed by atoms with Gasteiger partial charge in [-0.3, -0.25) is 4.79 Å². The minimum absolute atomic E-state index is 0.106. The number of rotatable bonds is 4. The van der Waals surface area contributed by atoms with Gasteiger partial charge in [0.05, 0.1) is 23.4 Å². The van der Waals surface area contributed by atoms with Gasteiger partial charge in [0.1, 0.15) is 5.75 Å². The van der Waals surface area contributed by atoms with Crippen molar-refractivity contribution >= 4 is 16.8 Å². The molecule has 29 heavy (non-hydrogen) atoms. The number of carbonyl (C=O) groups is 1. The summed E-state index contributed by atoms with van der Waals surface area (Å²) in [5, 5.41) is 0.915. The van der Waals surface area contributed by atoms with Gasteiger partial charge in [-0.1, -0.05) is 32.0 Å². The first-order chi connectivity index (χ1) is 14.0. The van der Waals surface area contributed by atoms with Crippen molar-refractivity contribution in [2.24, 2.45) is 11.8 Å². The number of likely N-dealkylation sites (tertiary alicyclic amines) is 1. The van der Waals surface area contributed by atoms with E-state index in [1.54, 1.807) is 0 Å². The van der Waals surface area contributed by atoms with Crippen LogP contribution in [0, 0.1) is 11.8 Å². The first-order valence-corrected chi connectivity index (χ1v) is 10.5. The normalized spacial score (nSPS) is 19.3. The molecule has 0 bridgehead atoms. The van der Waals surface area contributed by atoms with E-state index in [9.17, 15) is 4.79 Å². The summed E-state index contributed by atoms with van der Waals surface area (Å²) in [6.07, 6.45) is 1.18. The molecule has 1 fully saturated rings. The van der Waals surface area contributed by atoms with Crippen LogP contribution in [-0.4, -0.2) is 35.5 Å². The second kappa shape index (κ2) is 8.24. The topological polar surface area (TPSA) is 42.4 Å². The van der Waals surface area contributed by atoms with Crippen LogP contribution < -0.4 is 4.74 Å². The van der Waals surface area contributed by atoms with E-state index in [1.165, 1.54) is 6.42 Å². The lowest BCUT2D eigenvalue weighted by Crippen LogP contribution is -2.42. The van der Waals surface area contributed by atoms with Gasteiger partial charge in [0.15, 0.2) is 0 Å². The monoisotopic (exact) mass is 388 g/mol. The highest BCUT2D eigenvalue weighted by atomic mass is 16.5. The number of amides is 1. The van der Waals surface area contributed by atoms with Gasteiger partial charge < -0.3 is 9.64 Å². The average Bonchev–Trinajstić information content (AvgIpc) is 2.72. The van der Waals surface area contributed by atoms with Crippen molar-refractivity contribution in [3.8, 4) is 17.0 Å². The third-order valence-corrected chi connectivity index (χ3v) is 5.56. The number of para-hydroxylation sites is 1. The summed E-state index contributed by atoms with van der Waals surface area (Å²) in [5.74, 6) is 2.00. The third-order valence-electron chi connectivity index (χ3n) is 5.56. The average molecular weight is 389 g/mol. The number of hydrogen-bond donors (Lipinski definition) is 0. The molecule has 4 nitrogen and oxygen atoms in total. The van der Waals surface area contributed by atoms with E-state index in [4.69, 9.17) is 9.72 Å². The van der Waals surface area contributed by atoms with Crippen LogP contribution in [0.25, 0.3) is 22.2 Å². The largest absolute Gasteiger partial charge is 0.494 e. The summed E-state index contributed by atoms with van der Waals surface area (Å²) in [6, 6.07) is 17.8. The van der Waals surface area contributed by atoms with E-state index >= 15 is 0 Å². The Labute approximate surface area is 172 Å². The van der Waals surface area contributed by atoms with Gasteiger partial charge in [-0.05, 0) is 61.6 Å². The molecule has 2 atom stereocenters. The van der Waals surface area contributed by atoms with Crippen molar-refractivity contribution in [3.05, 3.63) is 60.2 Å². The van der Waals surface area contributed by atoms with Crippen LogP contribution >= 0.6 is 0 Å². The summed E-state index contributed by atoms with van der Waals surface area (Å²) < 4.78 is 5.55. The highest BCUT2D eigenvalue weighted by Gasteiger charge is 2.27. The zero-order valence-electron chi connectivity index (χ0n) is 17.4. The molecular weight excluding hydrogens is 360 g/mol. The standard InChI is InChI=1S/C25H28N2O2/c1-4-29-20-11-9-19(10-12-20)24-14-22(21-7-5-6-8-23(21)26-24)25(28)27-15-17(2)13-18(3)16-27/h5-12,14,17-18H,4,13,15-16H2,1-3H3. The van der Waals surface area contributed by atoms with Crippen LogP contribution in [0.4, 0.5) is 0 Å². The molecule has 0 N–H and O–H groups in total. The molecule has 2 heterocycles. The van der Waals surface area contributed by atoms with Crippen LogP contribution in [-0.2, 0) is 0 Å². The SMILES string of the molecule is CCOc1ccc(-c2cc(C(=O)N3CC(C)CC(C)C3)c3ccccc3n2)cc1. The predicted octanol–water partition coefficient (Wildman–Crippen LogP) is 5.42. The van der Waals surface area contributed by atoms with Gasteiger partial charge in [-0.2, -0.15) is 0 Å². The number of nitrogens with zero attached hydrogens (tertiary/aromatic N) is 2. The van der Waals surface area contributed by atoms with Gasteiger partial charge in [-0.15, -0.1) is 0 Å². The molecule has 0 radical (unpaired) electrons. The first kappa shape index (κ1) is 19.4. The molecule has 1 aromatic heterocycles. The Hall–Kier alpha value is -2.88. The lowest BCUT2D eigenvalue weighted by molar-refractivity contribution is 0.0625. The minimum atomic E-state index is 0.106. The lowest BCUT2D eigenvalue weighted by atomic mass is 9.91. The second-order valence-electron chi connectivity index (χ2n) is 8.19. The van der Waals surface area contributed by atoms with Crippen LogP contribution in [0.3, 0.4) is 0 Å². The van der Waals surface area contributed by atoms with E-state index in [0.717, 1.165) is 46.6 Å². The summed E-state index contributed by atoms with van der Waals surface area (Å²) >= 11 is 0. The Balaban J connectivity index is 1.75. The Kier molecular flexibility index (Phi) is 5.52. The predicted molar refractivity (Wildman–Crippen MR) is 117 cm³/mol. The number of fused-ring (bicyclic) bond motifs is 1. The Morgan fingerprint density at radius 3 is 2.45 bits per heavy atom. The summed E-state index contributed by atoms with van der Waals surface area (Å²) in [5.41, 5.74) is 3.38. The van der Waals surface area contributed by atoms with Gasteiger partial charge in [0.25, 0.3) is 5.91 Å². The quantitative estimate of drug-likeness (QED) is 0.599. The van der Waals surface area contributed by atoms with E-state index in [0.29, 0.717) is 18.4 Å². The van der Waals surface area contributed by atoms with E-state index in [-0.39, 0.29) is 5.91 Å². The number of carbonyl (C=O) groups excluding carboxylic acids is 1. The van der Waals surface area contributed by atoms with Crippen molar-refractivity contribution in [1.82, 2.24) is 9.88 Å². The number of ether oxygens (including phenoxy) is 1. The fraction of sp³-hybridized carbons (Fsp3) is 0.360. The number of hydrogen-bond acceptors (Lipinski definition) is 3. The number of piperidine rings is 1. The maximum atomic E-state index is 13.5. The highest BCUT2D eigenvalue weighted by molar-refractivity contribution is 6.07. The molecule has 150 valence electrons. The fourth-order valence-electron chi connectivity index (χ4n) is 4.39. The van der Waals surface area contributed by atoms with Crippen LogP contribution in [0.1, 0.15) is 37.6 Å². The first-order valence-electron chi connectivity index (χ1n) is 10.5. The molecule has 4 heteroatoms. The van der Waals surface area contributed by atoms with Gasteiger partial charge in [0.2, 0.25) is 0 Å². The zero-order chi connectivity index (χ0) is 20.4. The second-order valence-corrected chi connectivity index (χ2v) is 8.19. The van der Waals surface area contributed by atoms with Crippen molar-refractivity contribution < 1.29 is 9.53 Å². The van der Waals surface area contributed by atoms with E-state index in [1.807, 2.05) is 66.4 Å². The maximum absolute atomic E-state index is 13.5. The number of benzene rings is 2. The molecule has 3 aromatic rings. The third kappa shape index (κ3) is 4.12. The molecule has 2 unspecified atom stereocenters. The molecule has 1 aliphatic rings. The summed E-state index contributed by atoms with van der Waals surface area (Å²) in [6.45, 7) is 8.70. The zero-order valence-corrected chi connectivity index (χ0v) is 17.4. The molecule has 0 spiro atoms. The van der Waals surface area contributed by atoms with Crippen LogP contribution in [0.15, 0.2) is 54.6 Å². The Bertz CT molecular complexity index is 1000. The molecule has 0 aliphatic carbocycles. The van der Waals surface area contributed by atoms with Crippen LogP contribution in [0.5, 0.6) is 5.75 Å². The minimum Gasteiger partial charge on any atom is -0.494 e. The van der Waals surface area contributed by atoms with Gasteiger partial charge >= 0.3 is 0 Å². The van der Waals surface area contributed by atoms with E-state index in [2.05, 4.69) is 13.8 Å². The smallest absolute Gasteiger partial charge is 0.254 e. The summed E-state index contributed by atoms with van der Waals surface area (Å²) in [7, 11) is 0. The van der Waals surface area contributed by atoms with E-state index < -0.39 is 0 Å².